The monoisotopic (exact) mass is 321 g/mol. The molecule has 0 atom stereocenters. The van der Waals surface area contributed by atoms with E-state index in [0.29, 0.717) is 21.7 Å². The molecule has 0 saturated carbocycles. The number of hydrogen-bond acceptors (Lipinski definition) is 3. The second kappa shape index (κ2) is 4.08. The van der Waals surface area contributed by atoms with Crippen molar-refractivity contribution in [2.45, 2.75) is 0 Å². The number of aromatic nitrogens is 3. The Morgan fingerprint density at radius 3 is 2.22 bits per heavy atom. The molecule has 0 fully saturated rings. The number of benzene rings is 1. The molecule has 5 aromatic rings. The molecule has 0 spiro atoms. The van der Waals surface area contributed by atoms with Gasteiger partial charge < -0.3 is 0 Å². The topological polar surface area (TPSA) is 55.9 Å². The van der Waals surface area contributed by atoms with E-state index in [9.17, 15) is 9.59 Å². The van der Waals surface area contributed by atoms with E-state index in [1.54, 1.807) is 18.2 Å². The van der Waals surface area contributed by atoms with Crippen LogP contribution in [0.3, 0.4) is 0 Å². The largest absolute Gasteiger partial charge is 0.280 e. The summed E-state index contributed by atoms with van der Waals surface area (Å²) in [5.74, 6) is 0. The Balaban J connectivity index is 2.17. The van der Waals surface area contributed by atoms with Gasteiger partial charge >= 0.3 is 0 Å². The molecule has 0 bridgehead atoms. The van der Waals surface area contributed by atoms with Crippen LogP contribution in [0.4, 0.5) is 0 Å². The summed E-state index contributed by atoms with van der Waals surface area (Å²) in [4.78, 5) is 29.9. The molecule has 6 heteroatoms. The highest BCUT2D eigenvalue weighted by Crippen LogP contribution is 2.21. The van der Waals surface area contributed by atoms with Gasteiger partial charge in [0.15, 0.2) is 0 Å². The molecule has 0 aliphatic heterocycles. The maximum atomic E-state index is 12.9. The molecule has 5 nitrogen and oxygen atoms in total. The van der Waals surface area contributed by atoms with Crippen molar-refractivity contribution in [3.63, 3.8) is 0 Å². The van der Waals surface area contributed by atoms with Gasteiger partial charge in [0.05, 0.1) is 17.2 Å². The van der Waals surface area contributed by atoms with Gasteiger partial charge in [0.25, 0.3) is 11.1 Å². The van der Waals surface area contributed by atoms with Crippen LogP contribution in [0.5, 0.6) is 0 Å². The first-order valence-corrected chi connectivity index (χ1v) is 7.40. The third-order valence-corrected chi connectivity index (χ3v) is 4.42. The first-order chi connectivity index (χ1) is 11.1. The Morgan fingerprint density at radius 2 is 1.43 bits per heavy atom. The lowest BCUT2D eigenvalue weighted by Gasteiger charge is -1.99. The molecule has 110 valence electrons. The van der Waals surface area contributed by atoms with Crippen LogP contribution in [-0.4, -0.2) is 13.8 Å². The zero-order chi connectivity index (χ0) is 15.7. The summed E-state index contributed by atoms with van der Waals surface area (Å²) in [5.41, 5.74) is 1.52. The van der Waals surface area contributed by atoms with Gasteiger partial charge in [-0.2, -0.15) is 0 Å². The maximum absolute atomic E-state index is 12.9. The number of rotatable bonds is 0. The van der Waals surface area contributed by atoms with Crippen molar-refractivity contribution in [1.29, 1.82) is 0 Å². The van der Waals surface area contributed by atoms with Gasteiger partial charge in [-0.3, -0.25) is 18.4 Å². The second-order valence-corrected chi connectivity index (χ2v) is 5.85. The number of fused-ring (bicyclic) bond motifs is 6. The minimum atomic E-state index is -0.241. The standard InChI is InChI=1S/C17H8ClN3O2/c18-15-7-10-6-13-16(22)20-11-4-2-1-3-9(11)5-12(20)17(23)21(13)14(10)8-19-15/h1-8H. The maximum Gasteiger partial charge on any atom is 0.280 e. The third kappa shape index (κ3) is 1.49. The molecule has 0 saturated heterocycles. The number of halogens is 1. The molecular weight excluding hydrogens is 314 g/mol. The van der Waals surface area contributed by atoms with Crippen LogP contribution in [0, 0.1) is 0 Å². The Kier molecular flexibility index (Phi) is 2.24. The summed E-state index contributed by atoms with van der Waals surface area (Å²) >= 11 is 5.91. The van der Waals surface area contributed by atoms with Crippen molar-refractivity contribution >= 4 is 44.4 Å². The lowest BCUT2D eigenvalue weighted by Crippen LogP contribution is -2.25. The summed E-state index contributed by atoms with van der Waals surface area (Å²) in [6.45, 7) is 0. The average Bonchev–Trinajstić information content (AvgIpc) is 3.11. The first-order valence-electron chi connectivity index (χ1n) is 7.02. The lowest BCUT2D eigenvalue weighted by atomic mass is 10.2. The number of pyridine rings is 1. The van der Waals surface area contributed by atoms with E-state index in [4.69, 9.17) is 11.6 Å². The summed E-state index contributed by atoms with van der Waals surface area (Å²) in [6, 6.07) is 12.5. The van der Waals surface area contributed by atoms with Gasteiger partial charge in [-0.05, 0) is 24.3 Å². The van der Waals surface area contributed by atoms with E-state index in [1.165, 1.54) is 15.0 Å². The summed E-state index contributed by atoms with van der Waals surface area (Å²) in [7, 11) is 0. The van der Waals surface area contributed by atoms with E-state index in [1.807, 2.05) is 24.3 Å². The molecule has 5 rings (SSSR count). The van der Waals surface area contributed by atoms with Gasteiger partial charge in [0.1, 0.15) is 16.2 Å². The predicted octanol–water partition coefficient (Wildman–Crippen LogP) is 2.71. The van der Waals surface area contributed by atoms with Crippen molar-refractivity contribution in [1.82, 2.24) is 13.8 Å². The molecule has 0 radical (unpaired) electrons. The molecule has 0 aliphatic rings. The summed E-state index contributed by atoms with van der Waals surface area (Å²) in [5, 5.41) is 1.91. The van der Waals surface area contributed by atoms with Crippen LogP contribution in [-0.2, 0) is 0 Å². The molecule has 23 heavy (non-hydrogen) atoms. The van der Waals surface area contributed by atoms with Gasteiger partial charge in [-0.1, -0.05) is 29.8 Å². The van der Waals surface area contributed by atoms with Crippen LogP contribution in [0.2, 0.25) is 5.15 Å². The van der Waals surface area contributed by atoms with Crippen LogP contribution in [0.1, 0.15) is 0 Å². The predicted molar refractivity (Wildman–Crippen MR) is 89.9 cm³/mol. The van der Waals surface area contributed by atoms with Crippen LogP contribution >= 0.6 is 11.6 Å². The average molecular weight is 322 g/mol. The van der Waals surface area contributed by atoms with Crippen molar-refractivity contribution in [2.24, 2.45) is 0 Å². The number of para-hydroxylation sites is 1. The molecule has 0 aliphatic carbocycles. The smallest absolute Gasteiger partial charge is 0.269 e. The highest BCUT2D eigenvalue weighted by molar-refractivity contribution is 6.30. The Hall–Kier alpha value is -2.92. The van der Waals surface area contributed by atoms with Crippen LogP contribution in [0.25, 0.3) is 32.8 Å². The second-order valence-electron chi connectivity index (χ2n) is 5.46. The van der Waals surface area contributed by atoms with Crippen LogP contribution in [0.15, 0.2) is 58.3 Å². The highest BCUT2D eigenvalue weighted by atomic mass is 35.5. The fourth-order valence-electron chi connectivity index (χ4n) is 3.22. The molecule has 4 aromatic heterocycles. The van der Waals surface area contributed by atoms with Crippen LogP contribution < -0.4 is 11.1 Å². The fraction of sp³-hybridized carbons (Fsp3) is 0. The Morgan fingerprint density at radius 1 is 0.783 bits per heavy atom. The lowest BCUT2D eigenvalue weighted by molar-refractivity contribution is 1.07. The molecular formula is C17H8ClN3O2. The summed E-state index contributed by atoms with van der Waals surface area (Å²) in [6.07, 6.45) is 1.52. The van der Waals surface area contributed by atoms with Gasteiger partial charge in [-0.15, -0.1) is 0 Å². The Labute approximate surface area is 133 Å². The minimum Gasteiger partial charge on any atom is -0.269 e. The number of hydrogen-bond donors (Lipinski definition) is 0. The van der Waals surface area contributed by atoms with Gasteiger partial charge in [-0.25, -0.2) is 4.98 Å². The third-order valence-electron chi connectivity index (χ3n) is 4.21. The fourth-order valence-corrected chi connectivity index (χ4v) is 3.38. The summed E-state index contributed by atoms with van der Waals surface area (Å²) < 4.78 is 2.89. The number of nitrogens with zero attached hydrogens (tertiary/aromatic N) is 3. The molecule has 4 heterocycles. The normalized spacial score (nSPS) is 12.0. The molecule has 0 unspecified atom stereocenters. The van der Waals surface area contributed by atoms with E-state index in [2.05, 4.69) is 4.98 Å². The first kappa shape index (κ1) is 12.6. The van der Waals surface area contributed by atoms with Crippen molar-refractivity contribution < 1.29 is 0 Å². The Bertz CT molecular complexity index is 1370. The van der Waals surface area contributed by atoms with Crippen molar-refractivity contribution in [3.8, 4) is 0 Å². The molecule has 0 N–H and O–H groups in total. The zero-order valence-electron chi connectivity index (χ0n) is 11.7. The van der Waals surface area contributed by atoms with Crippen molar-refractivity contribution in [2.75, 3.05) is 0 Å². The van der Waals surface area contributed by atoms with E-state index in [-0.39, 0.29) is 11.1 Å². The van der Waals surface area contributed by atoms with Gasteiger partial charge in [0.2, 0.25) is 0 Å². The highest BCUT2D eigenvalue weighted by Gasteiger charge is 2.16. The molecule has 1 aromatic carbocycles. The minimum absolute atomic E-state index is 0.229. The van der Waals surface area contributed by atoms with E-state index >= 15 is 0 Å². The van der Waals surface area contributed by atoms with Crippen molar-refractivity contribution in [3.05, 3.63) is 74.5 Å². The zero-order valence-corrected chi connectivity index (χ0v) is 12.4. The quantitative estimate of drug-likeness (QED) is 0.412. The molecule has 0 amide bonds. The van der Waals surface area contributed by atoms with E-state index in [0.717, 1.165) is 16.3 Å². The van der Waals surface area contributed by atoms with Gasteiger partial charge in [0, 0.05) is 10.8 Å². The van der Waals surface area contributed by atoms with E-state index < -0.39 is 0 Å². The SMILES string of the molecule is O=c1c2cc3cc(Cl)ncc3n2c(=O)c2cc3ccccc3n12.